The van der Waals surface area contributed by atoms with Gasteiger partial charge >= 0.3 is 0 Å². The van der Waals surface area contributed by atoms with Crippen LogP contribution in [0.2, 0.25) is 0 Å². The van der Waals surface area contributed by atoms with Crippen LogP contribution in [0, 0.1) is 0 Å². The molecule has 0 atom stereocenters. The summed E-state index contributed by atoms with van der Waals surface area (Å²) in [6.07, 6.45) is 0. The fraction of sp³-hybridized carbons (Fsp3) is 0.235. The number of hydrogen-bond donors (Lipinski definition) is 0. The molecule has 0 amide bonds. The standard InChI is InChI=1S/C17H16N2OS/c1-17(2,3)16-15(21-19-18-16)14(20)13-9-8-11-6-4-5-7-12(11)10-13/h4-10H,1-3H3. The molecule has 3 rings (SSSR count). The van der Waals surface area contributed by atoms with E-state index in [2.05, 4.69) is 9.59 Å². The summed E-state index contributed by atoms with van der Waals surface area (Å²) in [4.78, 5) is 13.4. The van der Waals surface area contributed by atoms with Gasteiger partial charge in [0.15, 0.2) is 0 Å². The lowest BCUT2D eigenvalue weighted by Gasteiger charge is -2.16. The van der Waals surface area contributed by atoms with Crippen LogP contribution in [0.15, 0.2) is 42.5 Å². The summed E-state index contributed by atoms with van der Waals surface area (Å²) in [7, 11) is 0. The Hall–Kier alpha value is -2.07. The Morgan fingerprint density at radius 3 is 2.48 bits per heavy atom. The molecule has 3 nitrogen and oxygen atoms in total. The number of hydrogen-bond acceptors (Lipinski definition) is 4. The second kappa shape index (κ2) is 5.04. The van der Waals surface area contributed by atoms with Crippen LogP contribution in [0.5, 0.6) is 0 Å². The summed E-state index contributed by atoms with van der Waals surface area (Å²) in [6.45, 7) is 6.13. The van der Waals surface area contributed by atoms with Gasteiger partial charge in [-0.2, -0.15) is 0 Å². The van der Waals surface area contributed by atoms with Gasteiger partial charge in [-0.15, -0.1) is 5.10 Å². The number of nitrogens with zero attached hydrogens (tertiary/aromatic N) is 2. The van der Waals surface area contributed by atoms with E-state index in [0.29, 0.717) is 10.4 Å². The molecule has 0 fully saturated rings. The fourth-order valence-corrected chi connectivity index (χ4v) is 3.13. The van der Waals surface area contributed by atoms with Crippen molar-refractivity contribution in [3.63, 3.8) is 0 Å². The van der Waals surface area contributed by atoms with Crippen molar-refractivity contribution >= 4 is 28.1 Å². The Labute approximate surface area is 127 Å². The van der Waals surface area contributed by atoms with Crippen LogP contribution < -0.4 is 0 Å². The van der Waals surface area contributed by atoms with E-state index < -0.39 is 0 Å². The Kier molecular flexibility index (Phi) is 3.33. The van der Waals surface area contributed by atoms with E-state index in [9.17, 15) is 4.79 Å². The molecule has 1 heterocycles. The Balaban J connectivity index is 2.07. The van der Waals surface area contributed by atoms with Crippen molar-refractivity contribution in [2.75, 3.05) is 0 Å². The molecule has 106 valence electrons. The van der Waals surface area contributed by atoms with Gasteiger partial charge in [-0.1, -0.05) is 61.7 Å². The van der Waals surface area contributed by atoms with Crippen molar-refractivity contribution < 1.29 is 4.79 Å². The lowest BCUT2D eigenvalue weighted by atomic mass is 9.89. The number of rotatable bonds is 2. The number of carbonyl (C=O) groups is 1. The third-order valence-electron chi connectivity index (χ3n) is 3.42. The minimum Gasteiger partial charge on any atom is -0.288 e. The Bertz CT molecular complexity index is 815. The highest BCUT2D eigenvalue weighted by Gasteiger charge is 2.26. The first kappa shape index (κ1) is 13.9. The van der Waals surface area contributed by atoms with Gasteiger partial charge in [0.2, 0.25) is 5.78 Å². The minimum absolute atomic E-state index is 0.000628. The highest BCUT2D eigenvalue weighted by Crippen LogP contribution is 2.28. The lowest BCUT2D eigenvalue weighted by molar-refractivity contribution is 0.104. The molecule has 0 saturated carbocycles. The monoisotopic (exact) mass is 296 g/mol. The zero-order chi connectivity index (χ0) is 15.0. The van der Waals surface area contributed by atoms with Gasteiger partial charge in [0.05, 0.1) is 5.69 Å². The van der Waals surface area contributed by atoms with Crippen LogP contribution in [0.1, 0.15) is 41.7 Å². The van der Waals surface area contributed by atoms with E-state index in [1.807, 2.05) is 63.2 Å². The van der Waals surface area contributed by atoms with E-state index in [1.54, 1.807) is 0 Å². The van der Waals surface area contributed by atoms with Crippen molar-refractivity contribution in [1.29, 1.82) is 0 Å². The molecule has 0 N–H and O–H groups in total. The van der Waals surface area contributed by atoms with E-state index in [4.69, 9.17) is 0 Å². The first-order valence-electron chi connectivity index (χ1n) is 6.83. The smallest absolute Gasteiger partial charge is 0.206 e. The van der Waals surface area contributed by atoms with Gasteiger partial charge in [0, 0.05) is 11.0 Å². The molecule has 0 bridgehead atoms. The summed E-state index contributed by atoms with van der Waals surface area (Å²) >= 11 is 1.17. The molecular weight excluding hydrogens is 280 g/mol. The van der Waals surface area contributed by atoms with Gasteiger partial charge in [0.1, 0.15) is 4.88 Å². The molecule has 0 unspecified atom stereocenters. The highest BCUT2D eigenvalue weighted by atomic mass is 32.1. The minimum atomic E-state index is -0.186. The van der Waals surface area contributed by atoms with Crippen LogP contribution in [-0.4, -0.2) is 15.4 Å². The van der Waals surface area contributed by atoms with E-state index in [-0.39, 0.29) is 11.2 Å². The molecular formula is C17H16N2OS. The van der Waals surface area contributed by atoms with E-state index >= 15 is 0 Å². The molecule has 0 spiro atoms. The number of aromatic nitrogens is 2. The summed E-state index contributed by atoms with van der Waals surface area (Å²) < 4.78 is 3.97. The third-order valence-corrected chi connectivity index (χ3v) is 4.14. The number of carbonyl (C=O) groups excluding carboxylic acids is 1. The van der Waals surface area contributed by atoms with Crippen molar-refractivity contribution in [3.8, 4) is 0 Å². The predicted molar refractivity (Wildman–Crippen MR) is 86.0 cm³/mol. The largest absolute Gasteiger partial charge is 0.288 e. The van der Waals surface area contributed by atoms with E-state index in [1.165, 1.54) is 11.5 Å². The Morgan fingerprint density at radius 2 is 1.76 bits per heavy atom. The molecule has 0 aliphatic carbocycles. The number of fused-ring (bicyclic) bond motifs is 1. The first-order valence-corrected chi connectivity index (χ1v) is 7.60. The first-order chi connectivity index (χ1) is 9.97. The van der Waals surface area contributed by atoms with E-state index in [0.717, 1.165) is 16.5 Å². The van der Waals surface area contributed by atoms with Crippen LogP contribution in [-0.2, 0) is 5.41 Å². The molecule has 0 saturated heterocycles. The van der Waals surface area contributed by atoms with Crippen LogP contribution in [0.4, 0.5) is 0 Å². The number of ketones is 1. The summed E-state index contributed by atoms with van der Waals surface area (Å²) in [6, 6.07) is 13.8. The van der Waals surface area contributed by atoms with Crippen LogP contribution >= 0.6 is 11.5 Å². The molecule has 21 heavy (non-hydrogen) atoms. The molecule has 4 heteroatoms. The molecule has 0 aliphatic heterocycles. The molecule has 2 aromatic carbocycles. The quantitative estimate of drug-likeness (QED) is 0.665. The second-order valence-electron chi connectivity index (χ2n) is 6.09. The van der Waals surface area contributed by atoms with Crippen LogP contribution in [0.3, 0.4) is 0 Å². The van der Waals surface area contributed by atoms with Gasteiger partial charge in [-0.25, -0.2) is 0 Å². The highest BCUT2D eigenvalue weighted by molar-refractivity contribution is 7.08. The molecule has 0 aliphatic rings. The molecule has 1 aromatic heterocycles. The average Bonchev–Trinajstić information content (AvgIpc) is 2.95. The van der Waals surface area contributed by atoms with Gasteiger partial charge in [0.25, 0.3) is 0 Å². The Morgan fingerprint density at radius 1 is 1.05 bits per heavy atom. The van der Waals surface area contributed by atoms with Crippen molar-refractivity contribution in [2.45, 2.75) is 26.2 Å². The molecule has 3 aromatic rings. The lowest BCUT2D eigenvalue weighted by Crippen LogP contribution is -2.16. The fourth-order valence-electron chi connectivity index (χ4n) is 2.29. The normalized spacial score (nSPS) is 11.8. The SMILES string of the molecule is CC(C)(C)c1nnsc1C(=O)c1ccc2ccccc2c1. The van der Waals surface area contributed by atoms with Gasteiger partial charge in [-0.3, -0.25) is 4.79 Å². The van der Waals surface area contributed by atoms with Gasteiger partial charge in [-0.05, 0) is 28.4 Å². The van der Waals surface area contributed by atoms with Crippen molar-refractivity contribution in [2.24, 2.45) is 0 Å². The average molecular weight is 296 g/mol. The summed E-state index contributed by atoms with van der Waals surface area (Å²) in [5.74, 6) is 0.000628. The van der Waals surface area contributed by atoms with Crippen LogP contribution in [0.25, 0.3) is 10.8 Å². The maximum Gasteiger partial charge on any atom is 0.206 e. The predicted octanol–water partition coefficient (Wildman–Crippen LogP) is 4.22. The maximum atomic E-state index is 12.7. The zero-order valence-corrected chi connectivity index (χ0v) is 13.1. The van der Waals surface area contributed by atoms with Crippen molar-refractivity contribution in [3.05, 3.63) is 58.6 Å². The topological polar surface area (TPSA) is 42.9 Å². The maximum absolute atomic E-state index is 12.7. The van der Waals surface area contributed by atoms with Gasteiger partial charge < -0.3 is 0 Å². The van der Waals surface area contributed by atoms with Crippen molar-refractivity contribution in [1.82, 2.24) is 9.59 Å². The summed E-state index contributed by atoms with van der Waals surface area (Å²) in [5.41, 5.74) is 1.27. The summed E-state index contributed by atoms with van der Waals surface area (Å²) in [5, 5.41) is 6.34. The second-order valence-corrected chi connectivity index (χ2v) is 6.85. The third kappa shape index (κ3) is 2.59. The zero-order valence-electron chi connectivity index (χ0n) is 12.3. The molecule has 0 radical (unpaired) electrons. The number of benzene rings is 2.